The van der Waals surface area contributed by atoms with Crippen molar-refractivity contribution in [1.82, 2.24) is 5.43 Å². The van der Waals surface area contributed by atoms with Gasteiger partial charge >= 0.3 is 0 Å². The fourth-order valence-electron chi connectivity index (χ4n) is 2.78. The van der Waals surface area contributed by atoms with Crippen LogP contribution >= 0.6 is 0 Å². The van der Waals surface area contributed by atoms with E-state index in [2.05, 4.69) is 21.8 Å². The molecule has 146 valence electrons. The fraction of sp³-hybridized carbons (Fsp3) is 0.130. The molecule has 2 N–H and O–H groups in total. The van der Waals surface area contributed by atoms with Crippen molar-refractivity contribution in [3.05, 3.63) is 66.2 Å². The van der Waals surface area contributed by atoms with Gasteiger partial charge in [-0.2, -0.15) is 5.10 Å². The van der Waals surface area contributed by atoms with Crippen molar-refractivity contribution in [2.45, 2.75) is 0 Å². The fourth-order valence-corrected chi connectivity index (χ4v) is 2.78. The molecule has 0 fully saturated rings. The number of hydrazone groups is 1. The maximum absolute atomic E-state index is 12.1. The molecule has 0 saturated heterocycles. The molecule has 0 atom stereocenters. The van der Waals surface area contributed by atoms with Crippen LogP contribution in [0.1, 0.15) is 5.56 Å². The van der Waals surface area contributed by atoms with E-state index in [0.29, 0.717) is 11.5 Å². The van der Waals surface area contributed by atoms with Crippen molar-refractivity contribution < 1.29 is 14.3 Å². The van der Waals surface area contributed by atoms with Crippen LogP contribution in [-0.4, -0.2) is 32.4 Å². The zero-order valence-corrected chi connectivity index (χ0v) is 16.0. The van der Waals surface area contributed by atoms with E-state index in [1.54, 1.807) is 13.3 Å². The minimum Gasteiger partial charge on any atom is -0.497 e. The van der Waals surface area contributed by atoms with Crippen molar-refractivity contribution in [3.63, 3.8) is 0 Å². The number of benzene rings is 3. The Morgan fingerprint density at radius 2 is 2.03 bits per heavy atom. The first kappa shape index (κ1) is 19.8. The normalized spacial score (nSPS) is 10.5. The molecule has 6 nitrogen and oxygen atoms in total. The Morgan fingerprint density at radius 3 is 2.86 bits per heavy atom. The summed E-state index contributed by atoms with van der Waals surface area (Å²) in [6, 6.07) is 19.0. The quantitative estimate of drug-likeness (QED) is 0.353. The Bertz CT molecular complexity index is 1070. The minimum absolute atomic E-state index is 0.0699. The number of rotatable bonds is 8. The molecular weight excluding hydrogens is 366 g/mol. The maximum atomic E-state index is 12.1. The summed E-state index contributed by atoms with van der Waals surface area (Å²) < 4.78 is 10.8. The Hall–Kier alpha value is -3.98. The number of amides is 1. The van der Waals surface area contributed by atoms with Gasteiger partial charge in [0.15, 0.2) is 0 Å². The highest BCUT2D eigenvalue weighted by atomic mass is 16.5. The van der Waals surface area contributed by atoms with Crippen molar-refractivity contribution in [3.8, 4) is 23.8 Å². The van der Waals surface area contributed by atoms with Crippen molar-refractivity contribution in [2.75, 3.05) is 25.6 Å². The molecule has 0 bridgehead atoms. The third kappa shape index (κ3) is 5.27. The Balaban J connectivity index is 1.68. The molecule has 0 radical (unpaired) electrons. The second kappa shape index (κ2) is 9.81. The van der Waals surface area contributed by atoms with E-state index in [9.17, 15) is 4.79 Å². The van der Waals surface area contributed by atoms with Gasteiger partial charge < -0.3 is 14.8 Å². The summed E-state index contributed by atoms with van der Waals surface area (Å²) in [6.07, 6.45) is 6.87. The standard InChI is InChI=1S/C23H21N3O3/c1-3-13-29-22-12-11-17-7-4-5-10-20(17)21(22)15-25-26-23(27)16-24-18-8-6-9-19(14-18)28-2/h1,4-12,14-15,24H,13,16H2,2H3,(H,26,27)/b25-15-. The first-order chi connectivity index (χ1) is 14.2. The molecule has 1 amide bonds. The number of nitrogens with one attached hydrogen (secondary N) is 2. The third-order valence-electron chi connectivity index (χ3n) is 4.15. The second-order valence-corrected chi connectivity index (χ2v) is 6.07. The molecule has 0 aromatic heterocycles. The number of carbonyl (C=O) groups is 1. The number of ether oxygens (including phenoxy) is 2. The summed E-state index contributed by atoms with van der Waals surface area (Å²) in [4.78, 5) is 12.1. The largest absolute Gasteiger partial charge is 0.497 e. The van der Waals surface area contributed by atoms with Gasteiger partial charge in [0, 0.05) is 17.3 Å². The third-order valence-corrected chi connectivity index (χ3v) is 4.15. The molecule has 0 spiro atoms. The van der Waals surface area contributed by atoms with Crippen LogP contribution in [0.3, 0.4) is 0 Å². The van der Waals surface area contributed by atoms with E-state index in [4.69, 9.17) is 15.9 Å². The second-order valence-electron chi connectivity index (χ2n) is 6.07. The summed E-state index contributed by atoms with van der Waals surface area (Å²) >= 11 is 0. The van der Waals surface area contributed by atoms with Gasteiger partial charge in [0.1, 0.15) is 18.1 Å². The highest BCUT2D eigenvalue weighted by Crippen LogP contribution is 2.26. The van der Waals surface area contributed by atoms with Gasteiger partial charge in [-0.15, -0.1) is 6.42 Å². The highest BCUT2D eigenvalue weighted by molar-refractivity contribution is 6.02. The molecule has 0 heterocycles. The maximum Gasteiger partial charge on any atom is 0.259 e. The van der Waals surface area contributed by atoms with Gasteiger partial charge in [0.05, 0.1) is 19.9 Å². The van der Waals surface area contributed by atoms with Gasteiger partial charge in [0.2, 0.25) is 0 Å². The molecule has 0 unspecified atom stereocenters. The Kier molecular flexibility index (Phi) is 6.69. The van der Waals surface area contributed by atoms with Crippen LogP contribution in [0, 0.1) is 12.3 Å². The first-order valence-electron chi connectivity index (χ1n) is 8.99. The molecule has 0 aliphatic heterocycles. The van der Waals surface area contributed by atoms with Crippen LogP contribution in [0.5, 0.6) is 11.5 Å². The lowest BCUT2D eigenvalue weighted by Crippen LogP contribution is -2.25. The SMILES string of the molecule is C#CCOc1ccc2ccccc2c1/C=N\NC(=O)CNc1cccc(OC)c1. The first-order valence-corrected chi connectivity index (χ1v) is 8.99. The minimum atomic E-state index is -0.282. The van der Waals surface area contributed by atoms with Crippen LogP contribution < -0.4 is 20.2 Å². The molecule has 6 heteroatoms. The summed E-state index contributed by atoms with van der Waals surface area (Å²) in [5.41, 5.74) is 4.05. The summed E-state index contributed by atoms with van der Waals surface area (Å²) in [5, 5.41) is 9.10. The zero-order chi connectivity index (χ0) is 20.5. The van der Waals surface area contributed by atoms with Gasteiger partial charge in [-0.05, 0) is 29.0 Å². The van der Waals surface area contributed by atoms with E-state index < -0.39 is 0 Å². The topological polar surface area (TPSA) is 72.0 Å². The number of methoxy groups -OCH3 is 1. The van der Waals surface area contributed by atoms with E-state index in [1.807, 2.05) is 60.7 Å². The molecule has 3 aromatic rings. The van der Waals surface area contributed by atoms with Crippen LogP contribution in [0.2, 0.25) is 0 Å². The van der Waals surface area contributed by atoms with Crippen molar-refractivity contribution in [2.24, 2.45) is 5.10 Å². The zero-order valence-electron chi connectivity index (χ0n) is 16.0. The number of nitrogens with zero attached hydrogens (tertiary/aromatic N) is 1. The predicted molar refractivity (Wildman–Crippen MR) is 115 cm³/mol. The van der Waals surface area contributed by atoms with Gasteiger partial charge in [0.25, 0.3) is 5.91 Å². The van der Waals surface area contributed by atoms with E-state index in [-0.39, 0.29) is 19.1 Å². The number of anilines is 1. The Labute approximate surface area is 169 Å². The smallest absolute Gasteiger partial charge is 0.259 e. The summed E-state index contributed by atoms with van der Waals surface area (Å²) in [6.45, 7) is 0.219. The Morgan fingerprint density at radius 1 is 1.17 bits per heavy atom. The van der Waals surface area contributed by atoms with Crippen molar-refractivity contribution >= 4 is 28.6 Å². The number of fused-ring (bicyclic) bond motifs is 1. The van der Waals surface area contributed by atoms with E-state index >= 15 is 0 Å². The van der Waals surface area contributed by atoms with E-state index in [0.717, 1.165) is 22.0 Å². The lowest BCUT2D eigenvalue weighted by molar-refractivity contribution is -0.119. The van der Waals surface area contributed by atoms with Crippen molar-refractivity contribution in [1.29, 1.82) is 0 Å². The molecule has 3 rings (SSSR count). The van der Waals surface area contributed by atoms with Crippen LogP contribution in [0.15, 0.2) is 65.8 Å². The number of terminal acetylenes is 1. The molecule has 29 heavy (non-hydrogen) atoms. The monoisotopic (exact) mass is 387 g/mol. The summed E-state index contributed by atoms with van der Waals surface area (Å²) in [7, 11) is 1.59. The van der Waals surface area contributed by atoms with Crippen LogP contribution in [0.25, 0.3) is 10.8 Å². The van der Waals surface area contributed by atoms with Crippen LogP contribution in [-0.2, 0) is 4.79 Å². The lowest BCUT2D eigenvalue weighted by Gasteiger charge is -2.10. The van der Waals surface area contributed by atoms with Gasteiger partial charge in [-0.25, -0.2) is 5.43 Å². The van der Waals surface area contributed by atoms with Crippen LogP contribution in [0.4, 0.5) is 5.69 Å². The van der Waals surface area contributed by atoms with Gasteiger partial charge in [-0.3, -0.25) is 4.79 Å². The van der Waals surface area contributed by atoms with E-state index in [1.165, 1.54) is 0 Å². The highest BCUT2D eigenvalue weighted by Gasteiger charge is 2.07. The molecule has 3 aromatic carbocycles. The molecular formula is C23H21N3O3. The summed E-state index contributed by atoms with van der Waals surface area (Å²) in [5.74, 6) is 3.49. The molecule has 0 aliphatic carbocycles. The lowest BCUT2D eigenvalue weighted by atomic mass is 10.0. The molecule has 0 aliphatic rings. The average Bonchev–Trinajstić information content (AvgIpc) is 2.77. The van der Waals surface area contributed by atoms with Gasteiger partial charge in [-0.1, -0.05) is 42.3 Å². The molecule has 0 saturated carbocycles. The number of carbonyl (C=O) groups excluding carboxylic acids is 1. The average molecular weight is 387 g/mol. The predicted octanol–water partition coefficient (Wildman–Crippen LogP) is 3.42. The number of hydrogen-bond donors (Lipinski definition) is 2. The number of hydrogen-bond acceptors (Lipinski definition) is 5.